The van der Waals surface area contributed by atoms with Gasteiger partial charge in [0.05, 0.1) is 4.88 Å². The van der Waals surface area contributed by atoms with Crippen molar-refractivity contribution >= 4 is 28.8 Å². The number of amides is 1. The van der Waals surface area contributed by atoms with E-state index < -0.39 is 0 Å². The number of carbonyl (C=O) groups excluding carboxylic acids is 1. The summed E-state index contributed by atoms with van der Waals surface area (Å²) in [4.78, 5) is 13.2. The molecule has 0 atom stereocenters. The zero-order valence-electron chi connectivity index (χ0n) is 12.7. The van der Waals surface area contributed by atoms with Crippen LogP contribution < -0.4 is 5.32 Å². The molecule has 0 spiro atoms. The first-order valence-electron chi connectivity index (χ1n) is 7.31. The van der Waals surface area contributed by atoms with E-state index in [1.54, 1.807) is 0 Å². The molecule has 3 aromatic rings. The van der Waals surface area contributed by atoms with E-state index in [2.05, 4.69) is 24.4 Å². The Balaban J connectivity index is 1.77. The molecule has 0 saturated heterocycles. The molecule has 4 heteroatoms. The van der Waals surface area contributed by atoms with Crippen molar-refractivity contribution in [2.45, 2.75) is 13.5 Å². The first-order chi connectivity index (χ1) is 11.1. The third kappa shape index (κ3) is 3.63. The van der Waals surface area contributed by atoms with Gasteiger partial charge in [0.1, 0.15) is 0 Å². The number of carbonyl (C=O) groups is 1. The van der Waals surface area contributed by atoms with E-state index in [1.807, 2.05) is 47.8 Å². The van der Waals surface area contributed by atoms with Crippen LogP contribution in [0.1, 0.15) is 20.8 Å². The van der Waals surface area contributed by atoms with Crippen LogP contribution >= 0.6 is 22.9 Å². The molecule has 0 aliphatic carbocycles. The lowest BCUT2D eigenvalue weighted by atomic mass is 10.0. The smallest absolute Gasteiger partial charge is 0.262 e. The first kappa shape index (κ1) is 15.8. The van der Waals surface area contributed by atoms with E-state index in [0.717, 1.165) is 21.6 Å². The molecule has 1 heterocycles. The molecule has 0 unspecified atom stereocenters. The van der Waals surface area contributed by atoms with Gasteiger partial charge in [-0.15, -0.1) is 11.3 Å². The van der Waals surface area contributed by atoms with Gasteiger partial charge in [-0.2, -0.15) is 0 Å². The second-order valence-corrected chi connectivity index (χ2v) is 6.63. The van der Waals surface area contributed by atoms with Gasteiger partial charge in [-0.1, -0.05) is 59.6 Å². The molecular formula is C19H16ClNOS. The number of thiophene rings is 1. The summed E-state index contributed by atoms with van der Waals surface area (Å²) >= 11 is 7.58. The Bertz CT molecular complexity index is 823. The lowest BCUT2D eigenvalue weighted by Crippen LogP contribution is -2.22. The Kier molecular flexibility index (Phi) is 4.79. The van der Waals surface area contributed by atoms with E-state index in [4.69, 9.17) is 11.6 Å². The molecule has 1 N–H and O–H groups in total. The second kappa shape index (κ2) is 6.99. The van der Waals surface area contributed by atoms with Gasteiger partial charge in [-0.25, -0.2) is 0 Å². The summed E-state index contributed by atoms with van der Waals surface area (Å²) in [6.45, 7) is 2.47. The summed E-state index contributed by atoms with van der Waals surface area (Å²) in [5.41, 5.74) is 4.14. The predicted octanol–water partition coefficient (Wildman–Crippen LogP) is 5.31. The zero-order chi connectivity index (χ0) is 16.2. The molecule has 0 fully saturated rings. The van der Waals surface area contributed by atoms with Gasteiger partial charge in [0.25, 0.3) is 5.91 Å². The van der Waals surface area contributed by atoms with Crippen LogP contribution in [0.25, 0.3) is 11.1 Å². The number of benzene rings is 2. The van der Waals surface area contributed by atoms with Crippen LogP contribution in [-0.4, -0.2) is 5.91 Å². The van der Waals surface area contributed by atoms with Gasteiger partial charge in [-0.3, -0.25) is 4.79 Å². The van der Waals surface area contributed by atoms with Gasteiger partial charge in [0.15, 0.2) is 0 Å². The highest BCUT2D eigenvalue weighted by Gasteiger charge is 2.14. The van der Waals surface area contributed by atoms with Crippen molar-refractivity contribution in [2.75, 3.05) is 0 Å². The highest BCUT2D eigenvalue weighted by atomic mass is 35.5. The van der Waals surface area contributed by atoms with E-state index in [1.165, 1.54) is 16.9 Å². The normalized spacial score (nSPS) is 10.5. The second-order valence-electron chi connectivity index (χ2n) is 5.30. The van der Waals surface area contributed by atoms with Gasteiger partial charge in [0.2, 0.25) is 0 Å². The minimum atomic E-state index is -0.0736. The van der Waals surface area contributed by atoms with Crippen molar-refractivity contribution < 1.29 is 4.79 Å². The summed E-state index contributed by atoms with van der Waals surface area (Å²) in [7, 11) is 0. The van der Waals surface area contributed by atoms with Crippen molar-refractivity contribution in [2.24, 2.45) is 0 Å². The summed E-state index contributed by atoms with van der Waals surface area (Å²) in [6.07, 6.45) is 0. The average Bonchev–Trinajstić information content (AvgIpc) is 3.04. The summed E-state index contributed by atoms with van der Waals surface area (Å²) in [5.74, 6) is -0.0736. The molecule has 0 aliphatic rings. The van der Waals surface area contributed by atoms with E-state index in [-0.39, 0.29) is 5.91 Å². The predicted molar refractivity (Wildman–Crippen MR) is 97.1 cm³/mol. The molecule has 116 valence electrons. The number of aryl methyl sites for hydroxylation is 1. The number of nitrogens with one attached hydrogen (secondary N) is 1. The topological polar surface area (TPSA) is 29.1 Å². The molecular weight excluding hydrogens is 326 g/mol. The molecule has 0 bridgehead atoms. The lowest BCUT2D eigenvalue weighted by Gasteiger charge is -2.08. The Hall–Kier alpha value is -2.10. The van der Waals surface area contributed by atoms with Gasteiger partial charge < -0.3 is 5.32 Å². The van der Waals surface area contributed by atoms with Crippen LogP contribution in [-0.2, 0) is 6.54 Å². The van der Waals surface area contributed by atoms with Crippen molar-refractivity contribution in [3.63, 3.8) is 0 Å². The number of hydrogen-bond acceptors (Lipinski definition) is 2. The van der Waals surface area contributed by atoms with Crippen LogP contribution in [0, 0.1) is 6.92 Å². The molecule has 0 aliphatic heterocycles. The quantitative estimate of drug-likeness (QED) is 0.684. The maximum Gasteiger partial charge on any atom is 0.262 e. The lowest BCUT2D eigenvalue weighted by molar-refractivity contribution is 0.0955. The van der Waals surface area contributed by atoms with Crippen LogP contribution in [0.15, 0.2) is 60.0 Å². The molecule has 23 heavy (non-hydrogen) atoms. The van der Waals surface area contributed by atoms with Gasteiger partial charge in [-0.05, 0) is 35.6 Å². The molecule has 2 nitrogen and oxygen atoms in total. The van der Waals surface area contributed by atoms with Gasteiger partial charge in [0, 0.05) is 17.1 Å². The van der Waals surface area contributed by atoms with Crippen molar-refractivity contribution in [3.05, 3.63) is 81.0 Å². The number of hydrogen-bond donors (Lipinski definition) is 1. The molecule has 0 saturated carbocycles. The highest BCUT2D eigenvalue weighted by Crippen LogP contribution is 2.28. The standard InChI is InChI=1S/C19H16ClNOS/c1-13-6-8-14(9-7-13)16-10-11-23-18(16)19(22)21-12-15-4-2-3-5-17(15)20/h2-11H,12H2,1H3,(H,21,22). The third-order valence-electron chi connectivity index (χ3n) is 3.63. The minimum absolute atomic E-state index is 0.0736. The molecule has 0 radical (unpaired) electrons. The summed E-state index contributed by atoms with van der Waals surface area (Å²) in [6, 6.07) is 17.7. The average molecular weight is 342 g/mol. The van der Waals surface area contributed by atoms with Crippen LogP contribution in [0.5, 0.6) is 0 Å². The molecule has 3 rings (SSSR count). The molecule has 1 amide bonds. The highest BCUT2D eigenvalue weighted by molar-refractivity contribution is 7.12. The largest absolute Gasteiger partial charge is 0.347 e. The minimum Gasteiger partial charge on any atom is -0.347 e. The Morgan fingerprint density at radius 3 is 2.57 bits per heavy atom. The fourth-order valence-electron chi connectivity index (χ4n) is 2.34. The van der Waals surface area contributed by atoms with Crippen molar-refractivity contribution in [1.29, 1.82) is 0 Å². The maximum atomic E-state index is 12.5. The first-order valence-corrected chi connectivity index (χ1v) is 8.57. The summed E-state index contributed by atoms with van der Waals surface area (Å²) < 4.78 is 0. The Labute approximate surface area is 144 Å². The SMILES string of the molecule is Cc1ccc(-c2ccsc2C(=O)NCc2ccccc2Cl)cc1. The molecule has 1 aromatic heterocycles. The van der Waals surface area contributed by atoms with E-state index in [9.17, 15) is 4.79 Å². The van der Waals surface area contributed by atoms with Crippen molar-refractivity contribution in [1.82, 2.24) is 5.32 Å². The van der Waals surface area contributed by atoms with Gasteiger partial charge >= 0.3 is 0 Å². The van der Waals surface area contributed by atoms with Crippen LogP contribution in [0.4, 0.5) is 0 Å². The zero-order valence-corrected chi connectivity index (χ0v) is 14.2. The van der Waals surface area contributed by atoms with Crippen molar-refractivity contribution in [3.8, 4) is 11.1 Å². The number of rotatable bonds is 4. The number of halogens is 1. The third-order valence-corrected chi connectivity index (χ3v) is 4.91. The maximum absolute atomic E-state index is 12.5. The fourth-order valence-corrected chi connectivity index (χ4v) is 3.38. The Morgan fingerprint density at radius 1 is 1.09 bits per heavy atom. The fraction of sp³-hybridized carbons (Fsp3) is 0.105. The summed E-state index contributed by atoms with van der Waals surface area (Å²) in [5, 5.41) is 5.56. The Morgan fingerprint density at radius 2 is 1.83 bits per heavy atom. The molecule has 2 aromatic carbocycles. The monoisotopic (exact) mass is 341 g/mol. The van der Waals surface area contributed by atoms with Crippen LogP contribution in [0.2, 0.25) is 5.02 Å². The van der Waals surface area contributed by atoms with E-state index in [0.29, 0.717) is 11.6 Å². The van der Waals surface area contributed by atoms with E-state index >= 15 is 0 Å². The van der Waals surface area contributed by atoms with Crippen LogP contribution in [0.3, 0.4) is 0 Å².